The molecule has 3 fully saturated rings. The average Bonchev–Trinajstić information content (AvgIpc) is 3.30. The monoisotopic (exact) mass is 636 g/mol. The number of allylic oxidation sites excluding steroid dienone is 6. The van der Waals surface area contributed by atoms with E-state index in [1.165, 1.54) is 38.5 Å². The Kier molecular flexibility index (Phi) is 10.4. The SMILES string of the molecule is CCC(C=CC=C[C@H](C)[C@H]1CC[C@H]2C3=CC=C4CC(O[Si](C)(C)C(C)(C)C)CC[C@]4(C)[C@H]3CC[C@]12C)(CC)OC(=O)C(C)(C)C. The van der Waals surface area contributed by atoms with E-state index < -0.39 is 19.3 Å². The molecule has 4 heteroatoms. The van der Waals surface area contributed by atoms with Gasteiger partial charge in [-0.1, -0.05) is 96.9 Å². The third-order valence-corrected chi connectivity index (χ3v) is 18.1. The van der Waals surface area contributed by atoms with E-state index in [1.807, 2.05) is 20.8 Å². The summed E-state index contributed by atoms with van der Waals surface area (Å²) in [6, 6.07) is 0. The van der Waals surface area contributed by atoms with Gasteiger partial charge in [0.25, 0.3) is 0 Å². The topological polar surface area (TPSA) is 35.5 Å². The zero-order valence-electron chi connectivity index (χ0n) is 31.4. The van der Waals surface area contributed by atoms with Crippen molar-refractivity contribution >= 4 is 14.3 Å². The third kappa shape index (κ3) is 7.08. The summed E-state index contributed by atoms with van der Waals surface area (Å²) < 4.78 is 13.0. The number of esters is 1. The van der Waals surface area contributed by atoms with E-state index in [9.17, 15) is 4.79 Å². The summed E-state index contributed by atoms with van der Waals surface area (Å²) in [6.45, 7) is 29.5. The number of hydrogen-bond donors (Lipinski definition) is 0. The van der Waals surface area contributed by atoms with Crippen molar-refractivity contribution in [2.24, 2.45) is 39.9 Å². The maximum Gasteiger partial charge on any atom is 0.312 e. The van der Waals surface area contributed by atoms with Crippen molar-refractivity contribution in [3.05, 3.63) is 47.6 Å². The molecular weight excluding hydrogens is 569 g/mol. The summed E-state index contributed by atoms with van der Waals surface area (Å²) in [6.07, 6.45) is 24.8. The predicted octanol–water partition coefficient (Wildman–Crippen LogP) is 11.8. The molecule has 4 aliphatic rings. The summed E-state index contributed by atoms with van der Waals surface area (Å²) in [4.78, 5) is 12.7. The van der Waals surface area contributed by atoms with Gasteiger partial charge in [0.1, 0.15) is 5.60 Å². The summed E-state index contributed by atoms with van der Waals surface area (Å²) in [5, 5.41) is 0.258. The normalized spacial score (nSPS) is 33.4. The Morgan fingerprint density at radius 2 is 1.62 bits per heavy atom. The van der Waals surface area contributed by atoms with E-state index in [1.54, 1.807) is 11.1 Å². The fourth-order valence-corrected chi connectivity index (χ4v) is 10.6. The Morgan fingerprint density at radius 3 is 2.22 bits per heavy atom. The molecule has 0 aromatic rings. The first kappa shape index (κ1) is 36.4. The molecule has 0 aromatic heterocycles. The Labute approximate surface area is 278 Å². The standard InChI is InChI=1S/C41H68O3Si/c1-14-41(15-2,43-36(42)37(4,5)6)25-17-16-18-29(3)33-21-22-34-32-20-19-30-28-31(44-45(12,13)38(7,8)9)23-26-39(30,10)35(32)24-27-40(33,34)11/h16-20,25,29,31,33-35H,14-15,21-24,26-28H2,1-13H3/t29-,31?,33+,34-,35-,39-,40+/m0/s1. The predicted molar refractivity (Wildman–Crippen MR) is 194 cm³/mol. The van der Waals surface area contributed by atoms with Crippen LogP contribution in [0.3, 0.4) is 0 Å². The second-order valence-corrected chi connectivity index (χ2v) is 23.1. The van der Waals surface area contributed by atoms with E-state index in [2.05, 4.69) is 105 Å². The van der Waals surface area contributed by atoms with E-state index in [4.69, 9.17) is 9.16 Å². The molecule has 0 amide bonds. The Hall–Kier alpha value is -1.39. The van der Waals surface area contributed by atoms with E-state index in [0.717, 1.165) is 19.3 Å². The molecule has 0 N–H and O–H groups in total. The van der Waals surface area contributed by atoms with Gasteiger partial charge in [-0.25, -0.2) is 0 Å². The Morgan fingerprint density at radius 1 is 0.956 bits per heavy atom. The van der Waals surface area contributed by atoms with Gasteiger partial charge in [-0.3, -0.25) is 4.79 Å². The molecule has 0 aliphatic heterocycles. The minimum Gasteiger partial charge on any atom is -0.454 e. The highest BCUT2D eigenvalue weighted by molar-refractivity contribution is 6.74. The summed E-state index contributed by atoms with van der Waals surface area (Å²) in [5.74, 6) is 2.48. The lowest BCUT2D eigenvalue weighted by Gasteiger charge is -2.55. The summed E-state index contributed by atoms with van der Waals surface area (Å²) in [5.41, 5.74) is 3.06. The van der Waals surface area contributed by atoms with E-state index in [0.29, 0.717) is 40.6 Å². The zero-order valence-corrected chi connectivity index (χ0v) is 32.4. The van der Waals surface area contributed by atoms with Crippen molar-refractivity contribution in [3.8, 4) is 0 Å². The van der Waals surface area contributed by atoms with Crippen LogP contribution in [0.4, 0.5) is 0 Å². The fraction of sp³-hybridized carbons (Fsp3) is 0.780. The van der Waals surface area contributed by atoms with Crippen LogP contribution in [-0.2, 0) is 14.0 Å². The van der Waals surface area contributed by atoms with Crippen molar-refractivity contribution in [3.63, 3.8) is 0 Å². The van der Waals surface area contributed by atoms with Crippen LogP contribution >= 0.6 is 0 Å². The van der Waals surface area contributed by atoms with Crippen molar-refractivity contribution in [1.82, 2.24) is 0 Å². The van der Waals surface area contributed by atoms with Crippen molar-refractivity contribution in [2.75, 3.05) is 0 Å². The molecular formula is C41H68O3Si. The minimum atomic E-state index is -1.77. The maximum atomic E-state index is 12.7. The summed E-state index contributed by atoms with van der Waals surface area (Å²) in [7, 11) is -1.77. The van der Waals surface area contributed by atoms with Gasteiger partial charge in [0.2, 0.25) is 0 Å². The smallest absolute Gasteiger partial charge is 0.312 e. The van der Waals surface area contributed by atoms with Gasteiger partial charge in [-0.15, -0.1) is 0 Å². The number of rotatable bonds is 9. The molecule has 4 aliphatic carbocycles. The number of hydrogen-bond acceptors (Lipinski definition) is 3. The summed E-state index contributed by atoms with van der Waals surface area (Å²) >= 11 is 0. The highest BCUT2D eigenvalue weighted by atomic mass is 28.4. The molecule has 0 radical (unpaired) electrons. The van der Waals surface area contributed by atoms with Gasteiger partial charge in [0.05, 0.1) is 5.41 Å². The van der Waals surface area contributed by atoms with Crippen LogP contribution in [0.5, 0.6) is 0 Å². The van der Waals surface area contributed by atoms with Crippen molar-refractivity contribution in [1.29, 1.82) is 0 Å². The van der Waals surface area contributed by atoms with Crippen LogP contribution in [0.1, 0.15) is 134 Å². The molecule has 0 saturated heterocycles. The van der Waals surface area contributed by atoms with E-state index in [-0.39, 0.29) is 11.0 Å². The van der Waals surface area contributed by atoms with Gasteiger partial charge in [0, 0.05) is 6.10 Å². The van der Waals surface area contributed by atoms with Crippen molar-refractivity contribution in [2.45, 2.75) is 164 Å². The van der Waals surface area contributed by atoms with Crippen LogP contribution in [0.2, 0.25) is 18.1 Å². The fourth-order valence-electron chi connectivity index (χ4n) is 9.17. The lowest BCUT2D eigenvalue weighted by atomic mass is 9.50. The Balaban J connectivity index is 1.46. The van der Waals surface area contributed by atoms with Crippen LogP contribution in [-0.4, -0.2) is 26.0 Å². The van der Waals surface area contributed by atoms with Gasteiger partial charge >= 0.3 is 5.97 Å². The molecule has 1 unspecified atom stereocenters. The molecule has 0 bridgehead atoms. The van der Waals surface area contributed by atoms with Gasteiger partial charge < -0.3 is 9.16 Å². The molecule has 4 rings (SSSR count). The second-order valence-electron chi connectivity index (χ2n) is 18.4. The average molecular weight is 637 g/mol. The quantitative estimate of drug-likeness (QED) is 0.143. The first-order valence-corrected chi connectivity index (χ1v) is 21.3. The largest absolute Gasteiger partial charge is 0.454 e. The number of fused-ring (bicyclic) bond motifs is 5. The highest BCUT2D eigenvalue weighted by Crippen LogP contribution is 2.66. The van der Waals surface area contributed by atoms with Gasteiger partial charge in [0.15, 0.2) is 8.32 Å². The van der Waals surface area contributed by atoms with Crippen LogP contribution in [0.25, 0.3) is 0 Å². The first-order valence-electron chi connectivity index (χ1n) is 18.4. The second kappa shape index (κ2) is 12.9. The van der Waals surface area contributed by atoms with Crippen molar-refractivity contribution < 1.29 is 14.0 Å². The zero-order chi connectivity index (χ0) is 33.6. The van der Waals surface area contributed by atoms with Crippen LogP contribution in [0.15, 0.2) is 47.6 Å². The lowest BCUT2D eigenvalue weighted by Crippen LogP contribution is -2.49. The lowest BCUT2D eigenvalue weighted by molar-refractivity contribution is -0.165. The molecule has 7 atom stereocenters. The molecule has 0 spiro atoms. The Bertz CT molecular complexity index is 1200. The third-order valence-electron chi connectivity index (χ3n) is 13.5. The molecule has 45 heavy (non-hydrogen) atoms. The molecule has 3 saturated carbocycles. The number of carbonyl (C=O) groups is 1. The van der Waals surface area contributed by atoms with Crippen LogP contribution < -0.4 is 0 Å². The highest BCUT2D eigenvalue weighted by Gasteiger charge is 2.57. The molecule has 254 valence electrons. The van der Waals surface area contributed by atoms with E-state index >= 15 is 0 Å². The molecule has 0 aromatic carbocycles. The van der Waals surface area contributed by atoms with Crippen LogP contribution in [0, 0.1) is 39.9 Å². The molecule has 3 nitrogen and oxygen atoms in total. The number of ether oxygens (including phenoxy) is 1. The van der Waals surface area contributed by atoms with Gasteiger partial charge in [-0.2, -0.15) is 0 Å². The first-order chi connectivity index (χ1) is 20.7. The number of carbonyl (C=O) groups excluding carboxylic acids is 1. The minimum absolute atomic E-state index is 0.130. The maximum absolute atomic E-state index is 12.7. The van der Waals surface area contributed by atoms with Gasteiger partial charge in [-0.05, 0) is 137 Å². The molecule has 0 heterocycles.